The number of benzene rings is 1. The molecule has 0 unspecified atom stereocenters. The molecule has 2 aromatic rings. The van der Waals surface area contributed by atoms with Crippen molar-refractivity contribution < 1.29 is 14.7 Å². The van der Waals surface area contributed by atoms with Crippen molar-refractivity contribution in [1.29, 1.82) is 0 Å². The van der Waals surface area contributed by atoms with Crippen LogP contribution in [0.2, 0.25) is 0 Å². The van der Waals surface area contributed by atoms with Crippen molar-refractivity contribution in [3.8, 4) is 0 Å². The van der Waals surface area contributed by atoms with E-state index in [-0.39, 0.29) is 22.7 Å². The summed E-state index contributed by atoms with van der Waals surface area (Å²) in [5, 5.41) is 11.6. The van der Waals surface area contributed by atoms with Crippen LogP contribution >= 0.6 is 0 Å². The van der Waals surface area contributed by atoms with Gasteiger partial charge in [-0.15, -0.1) is 0 Å². The monoisotopic (exact) mass is 286 g/mol. The van der Waals surface area contributed by atoms with E-state index < -0.39 is 5.97 Å². The number of hydrogen-bond donors (Lipinski definition) is 3. The van der Waals surface area contributed by atoms with Gasteiger partial charge in [0.05, 0.1) is 5.56 Å². The van der Waals surface area contributed by atoms with E-state index in [9.17, 15) is 14.4 Å². The smallest absolute Gasteiger partial charge is 0.335 e. The third kappa shape index (κ3) is 4.04. The third-order valence-electron chi connectivity index (χ3n) is 2.89. The summed E-state index contributed by atoms with van der Waals surface area (Å²) in [6, 6.07) is 10.9. The van der Waals surface area contributed by atoms with E-state index in [0.717, 1.165) is 5.56 Å². The largest absolute Gasteiger partial charge is 0.478 e. The predicted molar refractivity (Wildman–Crippen MR) is 76.5 cm³/mol. The van der Waals surface area contributed by atoms with Crippen molar-refractivity contribution >= 4 is 11.9 Å². The lowest BCUT2D eigenvalue weighted by atomic mass is 10.1. The highest BCUT2D eigenvalue weighted by molar-refractivity contribution is 5.92. The normalized spacial score (nSPS) is 10.1. The number of nitrogens with one attached hydrogen (secondary N) is 2. The van der Waals surface area contributed by atoms with Gasteiger partial charge >= 0.3 is 5.97 Å². The number of carbonyl (C=O) groups is 2. The van der Waals surface area contributed by atoms with Crippen LogP contribution in [-0.4, -0.2) is 28.5 Å². The number of carboxylic acids is 1. The van der Waals surface area contributed by atoms with Crippen molar-refractivity contribution in [3.05, 3.63) is 69.6 Å². The van der Waals surface area contributed by atoms with Crippen molar-refractivity contribution in [1.82, 2.24) is 10.3 Å². The molecule has 0 spiro atoms. The van der Waals surface area contributed by atoms with Gasteiger partial charge in [-0.25, -0.2) is 4.79 Å². The van der Waals surface area contributed by atoms with Crippen LogP contribution in [0.25, 0.3) is 0 Å². The fourth-order valence-electron chi connectivity index (χ4n) is 1.86. The number of aromatic carboxylic acids is 1. The molecular formula is C15H14N2O4. The van der Waals surface area contributed by atoms with Gasteiger partial charge in [-0.2, -0.15) is 0 Å². The summed E-state index contributed by atoms with van der Waals surface area (Å²) in [7, 11) is 0. The van der Waals surface area contributed by atoms with Crippen molar-refractivity contribution in [2.45, 2.75) is 6.42 Å². The number of pyridine rings is 1. The van der Waals surface area contributed by atoms with Gasteiger partial charge in [0.15, 0.2) is 0 Å². The Morgan fingerprint density at radius 2 is 1.90 bits per heavy atom. The summed E-state index contributed by atoms with van der Waals surface area (Å²) in [6.07, 6.45) is 0.504. The molecule has 0 saturated carbocycles. The highest BCUT2D eigenvalue weighted by Crippen LogP contribution is 2.05. The molecule has 0 aliphatic carbocycles. The molecule has 6 nitrogen and oxygen atoms in total. The Hall–Kier alpha value is -2.89. The minimum atomic E-state index is -0.984. The number of carbonyl (C=O) groups excluding carboxylic acids is 1. The first-order valence-corrected chi connectivity index (χ1v) is 6.36. The van der Waals surface area contributed by atoms with Crippen LogP contribution in [0, 0.1) is 0 Å². The van der Waals surface area contributed by atoms with Crippen molar-refractivity contribution in [3.63, 3.8) is 0 Å². The van der Waals surface area contributed by atoms with Gasteiger partial charge in [0.2, 0.25) is 5.56 Å². The van der Waals surface area contributed by atoms with Crippen LogP contribution in [0.3, 0.4) is 0 Å². The Labute approximate surface area is 120 Å². The van der Waals surface area contributed by atoms with Gasteiger partial charge in [0.25, 0.3) is 5.91 Å². The first-order valence-electron chi connectivity index (χ1n) is 6.36. The van der Waals surface area contributed by atoms with Crippen LogP contribution in [-0.2, 0) is 6.42 Å². The quantitative estimate of drug-likeness (QED) is 0.764. The summed E-state index contributed by atoms with van der Waals surface area (Å²) in [6.45, 7) is 0.346. The molecule has 1 heterocycles. The zero-order chi connectivity index (χ0) is 15.2. The maximum atomic E-state index is 11.8. The van der Waals surface area contributed by atoms with E-state index in [0.29, 0.717) is 13.0 Å². The first-order chi connectivity index (χ1) is 10.1. The van der Waals surface area contributed by atoms with E-state index in [1.165, 1.54) is 24.3 Å². The van der Waals surface area contributed by atoms with Crippen LogP contribution in [0.4, 0.5) is 0 Å². The molecule has 0 saturated heterocycles. The number of amides is 1. The summed E-state index contributed by atoms with van der Waals surface area (Å²) in [4.78, 5) is 36.2. The molecule has 0 radical (unpaired) electrons. The first kappa shape index (κ1) is 14.5. The van der Waals surface area contributed by atoms with E-state index in [2.05, 4.69) is 10.3 Å². The maximum Gasteiger partial charge on any atom is 0.335 e. The molecule has 2 rings (SSSR count). The molecule has 21 heavy (non-hydrogen) atoms. The Balaban J connectivity index is 1.92. The molecule has 0 bridgehead atoms. The third-order valence-corrected chi connectivity index (χ3v) is 2.89. The molecule has 0 aliphatic rings. The molecule has 0 fully saturated rings. The zero-order valence-electron chi connectivity index (χ0n) is 11.1. The summed E-state index contributed by atoms with van der Waals surface area (Å²) in [5.74, 6) is -1.36. The number of hydrogen-bond acceptors (Lipinski definition) is 3. The number of carboxylic acid groups (broad SMARTS) is 1. The fourth-order valence-corrected chi connectivity index (χ4v) is 1.86. The second kappa shape index (κ2) is 6.51. The molecule has 1 aromatic carbocycles. The van der Waals surface area contributed by atoms with E-state index in [1.807, 2.05) is 0 Å². The van der Waals surface area contributed by atoms with Gasteiger partial charge in [0, 0.05) is 12.6 Å². The van der Waals surface area contributed by atoms with Crippen molar-refractivity contribution in [2.75, 3.05) is 6.54 Å². The molecule has 1 amide bonds. The standard InChI is InChI=1S/C15H14N2O4/c18-13-6-2-5-12(17-13)14(19)16-8-7-10-3-1-4-11(9-10)15(20)21/h1-6,9H,7-8H2,(H,16,19)(H,17,18)(H,20,21). The number of rotatable bonds is 5. The Kier molecular flexibility index (Phi) is 4.50. The molecule has 0 aliphatic heterocycles. The lowest BCUT2D eigenvalue weighted by Crippen LogP contribution is -2.28. The molecular weight excluding hydrogens is 272 g/mol. The average molecular weight is 286 g/mol. The fraction of sp³-hybridized carbons (Fsp3) is 0.133. The van der Waals surface area contributed by atoms with Gasteiger partial charge < -0.3 is 15.4 Å². The minimum Gasteiger partial charge on any atom is -0.478 e. The maximum absolute atomic E-state index is 11.8. The lowest BCUT2D eigenvalue weighted by molar-refractivity contribution is 0.0696. The molecule has 0 atom stereocenters. The molecule has 108 valence electrons. The molecule has 3 N–H and O–H groups in total. The van der Waals surface area contributed by atoms with Crippen LogP contribution in [0.1, 0.15) is 26.4 Å². The van der Waals surface area contributed by atoms with Crippen LogP contribution < -0.4 is 10.9 Å². The van der Waals surface area contributed by atoms with E-state index in [1.54, 1.807) is 18.2 Å². The van der Waals surface area contributed by atoms with E-state index >= 15 is 0 Å². The van der Waals surface area contributed by atoms with Gasteiger partial charge in [0.1, 0.15) is 5.69 Å². The second-order valence-electron chi connectivity index (χ2n) is 4.44. The molecule has 1 aromatic heterocycles. The highest BCUT2D eigenvalue weighted by Gasteiger charge is 2.06. The minimum absolute atomic E-state index is 0.196. The highest BCUT2D eigenvalue weighted by atomic mass is 16.4. The van der Waals surface area contributed by atoms with Crippen LogP contribution in [0.5, 0.6) is 0 Å². The van der Waals surface area contributed by atoms with Gasteiger partial charge in [-0.3, -0.25) is 9.59 Å². The summed E-state index contributed by atoms with van der Waals surface area (Å²) < 4.78 is 0. The number of aromatic amines is 1. The Bertz CT molecular complexity index is 721. The number of aromatic nitrogens is 1. The van der Waals surface area contributed by atoms with Crippen molar-refractivity contribution in [2.24, 2.45) is 0 Å². The second-order valence-corrected chi connectivity index (χ2v) is 4.44. The lowest BCUT2D eigenvalue weighted by Gasteiger charge is -2.06. The Morgan fingerprint density at radius 3 is 2.62 bits per heavy atom. The van der Waals surface area contributed by atoms with Gasteiger partial charge in [-0.05, 0) is 30.2 Å². The van der Waals surface area contributed by atoms with E-state index in [4.69, 9.17) is 5.11 Å². The average Bonchev–Trinajstić information content (AvgIpc) is 2.47. The zero-order valence-corrected chi connectivity index (χ0v) is 11.1. The van der Waals surface area contributed by atoms with Gasteiger partial charge in [-0.1, -0.05) is 18.2 Å². The number of H-pyrrole nitrogens is 1. The van der Waals surface area contributed by atoms with Crippen LogP contribution in [0.15, 0.2) is 47.3 Å². The Morgan fingerprint density at radius 1 is 1.14 bits per heavy atom. The summed E-state index contributed by atoms with van der Waals surface area (Å²) >= 11 is 0. The summed E-state index contributed by atoms with van der Waals surface area (Å²) in [5.41, 5.74) is 0.890. The SMILES string of the molecule is O=C(O)c1cccc(CCNC(=O)c2cccc(=O)[nH]2)c1. The molecule has 6 heteroatoms. The predicted octanol–water partition coefficient (Wildman–Crippen LogP) is 1.05. The topological polar surface area (TPSA) is 99.3 Å².